The maximum absolute atomic E-state index is 12.1. The number of rotatable bonds is 8. The smallest absolute Gasteiger partial charge is 0.351 e. The fourth-order valence-corrected chi connectivity index (χ4v) is 3.15. The quantitative estimate of drug-likeness (QED) is 0.617. The maximum Gasteiger partial charge on any atom is 0.351 e. The fraction of sp³-hybridized carbons (Fsp3) is 0.706. The lowest BCUT2D eigenvalue weighted by Crippen LogP contribution is -2.29. The molecule has 0 radical (unpaired) electrons. The van der Waals surface area contributed by atoms with Crippen molar-refractivity contribution in [3.8, 4) is 0 Å². The molecule has 1 saturated heterocycles. The Morgan fingerprint density at radius 3 is 2.88 bits per heavy atom. The molecule has 0 aliphatic carbocycles. The summed E-state index contributed by atoms with van der Waals surface area (Å²) in [6.07, 6.45) is 1.90. The molecular weight excluding hydrogens is 326 g/mol. The summed E-state index contributed by atoms with van der Waals surface area (Å²) >= 11 is 0. The predicted molar refractivity (Wildman–Crippen MR) is 91.9 cm³/mol. The van der Waals surface area contributed by atoms with E-state index in [9.17, 15) is 19.8 Å². The minimum Gasteiger partial charge on any atom is -0.394 e. The molecule has 140 valence electrons. The Balaban J connectivity index is 2.15. The van der Waals surface area contributed by atoms with Crippen molar-refractivity contribution < 1.29 is 19.7 Å². The summed E-state index contributed by atoms with van der Waals surface area (Å²) in [5, 5.41) is 19.0. The van der Waals surface area contributed by atoms with E-state index in [0.717, 1.165) is 6.42 Å². The maximum atomic E-state index is 12.1. The lowest BCUT2D eigenvalue weighted by atomic mass is 9.95. The van der Waals surface area contributed by atoms with Crippen LogP contribution in [0.3, 0.4) is 0 Å². The van der Waals surface area contributed by atoms with Crippen LogP contribution in [0.1, 0.15) is 51.3 Å². The van der Waals surface area contributed by atoms with E-state index in [-0.39, 0.29) is 30.5 Å². The number of hydrogen-bond acceptors (Lipinski definition) is 7. The molecule has 1 aliphatic rings. The Labute approximate surface area is 146 Å². The summed E-state index contributed by atoms with van der Waals surface area (Å²) in [6, 6.07) is 0. The van der Waals surface area contributed by atoms with Crippen molar-refractivity contribution in [1.82, 2.24) is 9.55 Å². The molecule has 2 unspecified atom stereocenters. The monoisotopic (exact) mass is 353 g/mol. The van der Waals surface area contributed by atoms with E-state index in [1.165, 1.54) is 4.57 Å². The minimum atomic E-state index is -0.839. The Bertz CT molecular complexity index is 660. The number of hydrogen-bond donors (Lipinski definition) is 3. The molecule has 1 aromatic rings. The molecule has 8 nitrogen and oxygen atoms in total. The molecular formula is C17H27N3O5. The van der Waals surface area contributed by atoms with E-state index < -0.39 is 24.1 Å². The molecule has 2 heterocycles. The van der Waals surface area contributed by atoms with Gasteiger partial charge in [0.05, 0.1) is 12.7 Å². The van der Waals surface area contributed by atoms with Gasteiger partial charge in [-0.3, -0.25) is 9.36 Å². The normalized spacial score (nSPS) is 24.4. The van der Waals surface area contributed by atoms with Crippen molar-refractivity contribution in [2.24, 2.45) is 5.92 Å². The number of anilines is 1. The van der Waals surface area contributed by atoms with Crippen LogP contribution >= 0.6 is 0 Å². The molecule has 8 heteroatoms. The van der Waals surface area contributed by atoms with Gasteiger partial charge < -0.3 is 20.7 Å². The number of nitrogens with zero attached hydrogens (tertiary/aromatic N) is 2. The number of ether oxygens (including phenoxy) is 1. The van der Waals surface area contributed by atoms with Gasteiger partial charge in [-0.2, -0.15) is 4.98 Å². The van der Waals surface area contributed by atoms with Crippen LogP contribution in [0.15, 0.2) is 11.0 Å². The summed E-state index contributed by atoms with van der Waals surface area (Å²) in [7, 11) is 0. The van der Waals surface area contributed by atoms with Gasteiger partial charge in [0.1, 0.15) is 23.9 Å². The molecule has 0 aromatic carbocycles. The lowest BCUT2D eigenvalue weighted by Gasteiger charge is -2.17. The standard InChI is InChI=1S/C17H27N3O5/c1-3-4-12(22)6-10(2)5-11-8-20(17(24)19-16(11)18)15-7-13(23)14(9-21)25-15/h8,10,13-15,21,23H,3-7,9H2,1-2H3,(H2,18,19,24)/t10?,13?,14-,15-/m1/s1. The van der Waals surface area contributed by atoms with Gasteiger partial charge in [0.2, 0.25) is 0 Å². The van der Waals surface area contributed by atoms with Crippen molar-refractivity contribution in [1.29, 1.82) is 0 Å². The molecule has 4 atom stereocenters. The van der Waals surface area contributed by atoms with Crippen LogP contribution in [0.4, 0.5) is 5.82 Å². The van der Waals surface area contributed by atoms with Gasteiger partial charge in [0.25, 0.3) is 0 Å². The number of Topliss-reactive ketones (excluding diaryl/α,β-unsaturated/α-hetero) is 1. The summed E-state index contributed by atoms with van der Waals surface area (Å²) < 4.78 is 6.81. The van der Waals surface area contributed by atoms with Gasteiger partial charge in [-0.15, -0.1) is 0 Å². The molecule has 0 saturated carbocycles. The number of aliphatic hydroxyl groups is 2. The molecule has 2 rings (SSSR count). The number of nitrogen functional groups attached to an aromatic ring is 1. The third-order valence-electron chi connectivity index (χ3n) is 4.43. The van der Waals surface area contributed by atoms with Gasteiger partial charge in [0, 0.05) is 31.0 Å². The third-order valence-corrected chi connectivity index (χ3v) is 4.43. The van der Waals surface area contributed by atoms with Crippen LogP contribution in [0.2, 0.25) is 0 Å². The number of aromatic nitrogens is 2. The van der Waals surface area contributed by atoms with Crippen molar-refractivity contribution >= 4 is 11.6 Å². The Kier molecular flexibility index (Phi) is 6.69. The summed E-state index contributed by atoms with van der Waals surface area (Å²) in [5.41, 5.74) is 5.97. The van der Waals surface area contributed by atoms with Crippen LogP contribution in [0, 0.1) is 5.92 Å². The van der Waals surface area contributed by atoms with E-state index in [1.54, 1.807) is 6.20 Å². The fourth-order valence-electron chi connectivity index (χ4n) is 3.15. The first kappa shape index (κ1) is 19.6. The molecule has 0 amide bonds. The second-order valence-electron chi connectivity index (χ2n) is 6.76. The molecule has 1 aromatic heterocycles. The van der Waals surface area contributed by atoms with Crippen LogP contribution < -0.4 is 11.4 Å². The minimum absolute atomic E-state index is 0.0781. The Morgan fingerprint density at radius 2 is 2.28 bits per heavy atom. The molecule has 0 bridgehead atoms. The number of carbonyl (C=O) groups is 1. The number of aliphatic hydroxyl groups excluding tert-OH is 2. The Hall–Kier alpha value is -1.77. The van der Waals surface area contributed by atoms with Crippen molar-refractivity contribution in [2.75, 3.05) is 12.3 Å². The number of carbonyl (C=O) groups excluding carboxylic acids is 1. The van der Waals surface area contributed by atoms with Crippen molar-refractivity contribution in [2.45, 2.75) is 64.4 Å². The van der Waals surface area contributed by atoms with E-state index >= 15 is 0 Å². The zero-order valence-electron chi connectivity index (χ0n) is 14.7. The first-order valence-corrected chi connectivity index (χ1v) is 8.69. The zero-order valence-corrected chi connectivity index (χ0v) is 14.7. The van der Waals surface area contributed by atoms with Crippen LogP contribution in [-0.2, 0) is 16.0 Å². The number of nitrogens with two attached hydrogens (primary N) is 1. The van der Waals surface area contributed by atoms with E-state index in [2.05, 4.69) is 4.98 Å². The van der Waals surface area contributed by atoms with Gasteiger partial charge >= 0.3 is 5.69 Å². The lowest BCUT2D eigenvalue weighted by molar-refractivity contribution is -0.119. The topological polar surface area (TPSA) is 128 Å². The first-order valence-electron chi connectivity index (χ1n) is 8.69. The highest BCUT2D eigenvalue weighted by molar-refractivity contribution is 5.78. The SMILES string of the molecule is CCCC(=O)CC(C)Cc1cn([C@H]2CC(O)[C@@H](CO)O2)c(=O)nc1N. The van der Waals surface area contributed by atoms with Crippen molar-refractivity contribution in [3.63, 3.8) is 0 Å². The molecule has 1 fully saturated rings. The number of ketones is 1. The predicted octanol–water partition coefficient (Wildman–Crippen LogP) is 0.404. The van der Waals surface area contributed by atoms with E-state index in [0.29, 0.717) is 24.8 Å². The highest BCUT2D eigenvalue weighted by Gasteiger charge is 2.35. The summed E-state index contributed by atoms with van der Waals surface area (Å²) in [6.45, 7) is 3.61. The average Bonchev–Trinajstić information content (AvgIpc) is 2.90. The first-order chi connectivity index (χ1) is 11.8. The molecule has 0 spiro atoms. The second-order valence-corrected chi connectivity index (χ2v) is 6.76. The molecule has 25 heavy (non-hydrogen) atoms. The van der Waals surface area contributed by atoms with Crippen LogP contribution in [-0.4, -0.2) is 44.4 Å². The van der Waals surface area contributed by atoms with Gasteiger partial charge in [-0.25, -0.2) is 4.79 Å². The molecule has 1 aliphatic heterocycles. The zero-order chi connectivity index (χ0) is 18.6. The largest absolute Gasteiger partial charge is 0.394 e. The third kappa shape index (κ3) is 4.87. The highest BCUT2D eigenvalue weighted by atomic mass is 16.5. The summed E-state index contributed by atoms with van der Waals surface area (Å²) in [5.74, 6) is 0.436. The van der Waals surface area contributed by atoms with Crippen LogP contribution in [0.5, 0.6) is 0 Å². The van der Waals surface area contributed by atoms with E-state index in [4.69, 9.17) is 10.5 Å². The molecule has 4 N–H and O–H groups in total. The Morgan fingerprint density at radius 1 is 1.56 bits per heavy atom. The van der Waals surface area contributed by atoms with E-state index in [1.807, 2.05) is 13.8 Å². The van der Waals surface area contributed by atoms with Gasteiger partial charge in [-0.1, -0.05) is 13.8 Å². The summed E-state index contributed by atoms with van der Waals surface area (Å²) in [4.78, 5) is 27.8. The second kappa shape index (κ2) is 8.55. The van der Waals surface area contributed by atoms with Gasteiger partial charge in [-0.05, 0) is 18.8 Å². The van der Waals surface area contributed by atoms with Crippen LogP contribution in [0.25, 0.3) is 0 Å². The van der Waals surface area contributed by atoms with Crippen molar-refractivity contribution in [3.05, 3.63) is 22.2 Å². The van der Waals surface area contributed by atoms with Gasteiger partial charge in [0.15, 0.2) is 0 Å². The highest BCUT2D eigenvalue weighted by Crippen LogP contribution is 2.28. The average molecular weight is 353 g/mol.